The Bertz CT molecular complexity index is 2480. The van der Waals surface area contributed by atoms with Gasteiger partial charge in [0.1, 0.15) is 13.2 Å². The number of carboxylic acid groups (broad SMARTS) is 1. The second-order valence-corrected chi connectivity index (χ2v) is 29.7. The summed E-state index contributed by atoms with van der Waals surface area (Å²) in [4.78, 5) is 37.8. The van der Waals surface area contributed by atoms with Gasteiger partial charge in [-0.05, 0) is 141 Å². The lowest BCUT2D eigenvalue weighted by Crippen LogP contribution is -2.40. The van der Waals surface area contributed by atoms with Gasteiger partial charge in [0.05, 0.1) is 34.4 Å². The Morgan fingerprint density at radius 3 is 0.748 bits per heavy atom. The minimum absolute atomic E-state index is 0.182. The van der Waals surface area contributed by atoms with Crippen molar-refractivity contribution in [3.8, 4) is 0 Å². The van der Waals surface area contributed by atoms with Crippen LogP contribution in [0.25, 0.3) is 0 Å². The molecule has 2 unspecified atom stereocenters. The molecule has 0 aliphatic carbocycles. The van der Waals surface area contributed by atoms with Crippen molar-refractivity contribution in [1.82, 2.24) is 0 Å². The highest BCUT2D eigenvalue weighted by Gasteiger charge is 2.25. The SMILES string of the molecule is CC/C=C\C/C=C\C/C=C\C/C=C\C/C=C\C/C=C\C/C=C\C/C=C\CCCCCCCCCCCCCCCCCCC(=O)OCC(COC(OCC[N+](C)(C)C)C(=O)O)OC(=O)CCCCCCCCCCCCCCCCCC/C=C\C/C=C\C/C=C\C/C=C\C/C=C\C/C=C\C/C=C\C/C=C\CC. The predicted octanol–water partition coefficient (Wildman–Crippen LogP) is 28.8. The summed E-state index contributed by atoms with van der Waals surface area (Å²) in [5, 5.41) is 9.79. The van der Waals surface area contributed by atoms with E-state index in [-0.39, 0.29) is 32.2 Å². The molecule has 0 fully saturated rings. The molecule has 0 aliphatic heterocycles. The summed E-state index contributed by atoms with van der Waals surface area (Å²) in [5.74, 6) is -2.00. The fourth-order valence-electron chi connectivity index (χ4n) is 11.8. The number of quaternary nitrogens is 1. The molecule has 0 aromatic carbocycles. The molecule has 0 rings (SSSR count). The van der Waals surface area contributed by atoms with Crippen LogP contribution in [0, 0.1) is 0 Å². The Labute approximate surface area is 659 Å². The quantitative estimate of drug-likeness (QED) is 0.0211. The molecular formula is C98H162NO8+. The molecule has 9 nitrogen and oxygen atoms in total. The number of carbonyl (C=O) groups is 3. The van der Waals surface area contributed by atoms with Crippen molar-refractivity contribution < 1.29 is 42.9 Å². The van der Waals surface area contributed by atoms with Crippen molar-refractivity contribution in [2.75, 3.05) is 47.5 Å². The van der Waals surface area contributed by atoms with Gasteiger partial charge in [-0.15, -0.1) is 0 Å². The Balaban J connectivity index is 4.02. The molecule has 107 heavy (non-hydrogen) atoms. The molecule has 606 valence electrons. The van der Waals surface area contributed by atoms with E-state index < -0.39 is 24.3 Å². The number of ether oxygens (including phenoxy) is 4. The van der Waals surface area contributed by atoms with Gasteiger partial charge in [0.2, 0.25) is 0 Å². The van der Waals surface area contributed by atoms with Crippen molar-refractivity contribution in [3.05, 3.63) is 194 Å². The highest BCUT2D eigenvalue weighted by atomic mass is 16.7. The zero-order valence-electron chi connectivity index (χ0n) is 69.5. The standard InChI is InChI=1S/C98H161NO8/c1-6-8-10-12-14-16-18-20-22-24-26-28-30-32-34-36-38-40-42-44-46-48-50-52-54-56-58-60-62-64-66-68-70-72-74-76-78-80-82-84-86-88-95(100)105-92-94(93-106-98(97(102)103)104-91-90-99(3,4)5)107-96(101)89-87-85-83-81-79-77-75-73-71-69-67-65-63-61-59-57-55-53-51-49-47-45-43-41-39-37-35-33-31-29-27-25-23-21-19-17-15-13-11-9-7-2/h8-11,14-17,20-23,26-29,32-35,38-41,44-47,50-53,94,98H,6-7,12-13,18-19,24-25,30-31,36-37,42-43,48-49,54-93H2,1-5H3/p+1/b10-8-,11-9-,16-14-,17-15-,22-20-,23-21-,28-26-,29-27-,34-32-,35-33-,40-38-,41-39-,46-44-,47-45-,52-50-,53-51-. The number of hydrogen-bond donors (Lipinski definition) is 1. The molecule has 0 saturated carbocycles. The van der Waals surface area contributed by atoms with Gasteiger partial charge in [-0.25, -0.2) is 4.79 Å². The molecular weight excluding hydrogens is 1320 g/mol. The van der Waals surface area contributed by atoms with Gasteiger partial charge in [0.25, 0.3) is 6.29 Å². The Morgan fingerprint density at radius 2 is 0.505 bits per heavy atom. The number of carbonyl (C=O) groups excluding carboxylic acids is 2. The predicted molar refractivity (Wildman–Crippen MR) is 465 cm³/mol. The van der Waals surface area contributed by atoms with Crippen LogP contribution in [0.3, 0.4) is 0 Å². The molecule has 0 aromatic heterocycles. The highest BCUT2D eigenvalue weighted by molar-refractivity contribution is 5.71. The average Bonchev–Trinajstić information content (AvgIpc) is 0.928. The van der Waals surface area contributed by atoms with Gasteiger partial charge in [0, 0.05) is 12.8 Å². The van der Waals surface area contributed by atoms with E-state index in [4.69, 9.17) is 18.9 Å². The first kappa shape index (κ1) is 101. The molecule has 0 radical (unpaired) electrons. The van der Waals surface area contributed by atoms with Crippen molar-refractivity contribution in [1.29, 1.82) is 0 Å². The van der Waals surface area contributed by atoms with E-state index in [1.807, 2.05) is 21.1 Å². The van der Waals surface area contributed by atoms with Crippen LogP contribution in [-0.2, 0) is 33.3 Å². The zero-order valence-corrected chi connectivity index (χ0v) is 69.5. The summed E-state index contributed by atoms with van der Waals surface area (Å²) in [6, 6.07) is 0. The number of allylic oxidation sites excluding steroid dienone is 32. The van der Waals surface area contributed by atoms with Gasteiger partial charge in [-0.2, -0.15) is 0 Å². The van der Waals surface area contributed by atoms with Crippen molar-refractivity contribution in [3.63, 3.8) is 0 Å². The maximum Gasteiger partial charge on any atom is 0.361 e. The van der Waals surface area contributed by atoms with Crippen LogP contribution >= 0.6 is 0 Å². The van der Waals surface area contributed by atoms with E-state index in [2.05, 4.69) is 208 Å². The third-order valence-electron chi connectivity index (χ3n) is 18.3. The summed E-state index contributed by atoms with van der Waals surface area (Å²) in [5.41, 5.74) is 0. The van der Waals surface area contributed by atoms with Crippen molar-refractivity contribution >= 4 is 17.9 Å². The molecule has 0 aromatic rings. The molecule has 0 amide bonds. The minimum atomic E-state index is -1.52. The van der Waals surface area contributed by atoms with Gasteiger partial charge in [-0.3, -0.25) is 9.59 Å². The fourth-order valence-corrected chi connectivity index (χ4v) is 11.8. The lowest BCUT2D eigenvalue weighted by atomic mass is 10.0. The normalized spacial score (nSPS) is 13.6. The number of rotatable bonds is 79. The summed E-state index contributed by atoms with van der Waals surface area (Å²) in [6.45, 7) is 4.66. The van der Waals surface area contributed by atoms with Gasteiger partial charge in [0.15, 0.2) is 6.10 Å². The lowest BCUT2D eigenvalue weighted by molar-refractivity contribution is -0.870. The van der Waals surface area contributed by atoms with E-state index >= 15 is 0 Å². The Morgan fingerprint density at radius 1 is 0.280 bits per heavy atom. The zero-order chi connectivity index (χ0) is 77.4. The van der Waals surface area contributed by atoms with Crippen LogP contribution < -0.4 is 0 Å². The molecule has 1 N–H and O–H groups in total. The smallest absolute Gasteiger partial charge is 0.361 e. The first-order valence-corrected chi connectivity index (χ1v) is 43.6. The van der Waals surface area contributed by atoms with Crippen LogP contribution in [0.2, 0.25) is 0 Å². The van der Waals surface area contributed by atoms with E-state index in [9.17, 15) is 19.5 Å². The van der Waals surface area contributed by atoms with E-state index in [1.165, 1.54) is 180 Å². The van der Waals surface area contributed by atoms with E-state index in [0.717, 1.165) is 135 Å². The topological polar surface area (TPSA) is 108 Å². The van der Waals surface area contributed by atoms with E-state index in [0.29, 0.717) is 23.9 Å². The molecule has 0 saturated heterocycles. The van der Waals surface area contributed by atoms with Crippen molar-refractivity contribution in [2.45, 2.75) is 360 Å². The number of hydrogen-bond acceptors (Lipinski definition) is 7. The third-order valence-corrected chi connectivity index (χ3v) is 18.3. The maximum absolute atomic E-state index is 13.0. The van der Waals surface area contributed by atoms with Gasteiger partial charge >= 0.3 is 17.9 Å². The largest absolute Gasteiger partial charge is 0.477 e. The monoisotopic (exact) mass is 1480 g/mol. The van der Waals surface area contributed by atoms with Crippen LogP contribution in [0.15, 0.2) is 194 Å². The first-order valence-electron chi connectivity index (χ1n) is 43.6. The van der Waals surface area contributed by atoms with Crippen LogP contribution in [-0.4, -0.2) is 87.4 Å². The molecule has 9 heteroatoms. The van der Waals surface area contributed by atoms with Gasteiger partial charge in [-0.1, -0.05) is 388 Å². The molecule has 2 atom stereocenters. The third kappa shape index (κ3) is 87.2. The second kappa shape index (κ2) is 85.7. The van der Waals surface area contributed by atoms with Crippen LogP contribution in [0.1, 0.15) is 348 Å². The van der Waals surface area contributed by atoms with Crippen molar-refractivity contribution in [2.24, 2.45) is 0 Å². The Hall–Kier alpha value is -5.87. The molecule has 0 aliphatic rings. The summed E-state index contributed by atoms with van der Waals surface area (Å²) in [6.07, 6.45) is 129. The fraction of sp³-hybridized carbons (Fsp3) is 0.643. The first-order chi connectivity index (χ1) is 52.6. The number of nitrogens with zero attached hydrogens (tertiary/aromatic N) is 1. The second-order valence-electron chi connectivity index (χ2n) is 29.7. The molecule has 0 heterocycles. The number of likely N-dealkylation sites (N-methyl/N-ethyl adjacent to an activating group) is 1. The van der Waals surface area contributed by atoms with E-state index in [1.54, 1.807) is 0 Å². The van der Waals surface area contributed by atoms with Gasteiger partial charge < -0.3 is 28.5 Å². The number of esters is 2. The van der Waals surface area contributed by atoms with Crippen LogP contribution in [0.4, 0.5) is 0 Å². The summed E-state index contributed by atoms with van der Waals surface area (Å²) in [7, 11) is 5.99. The van der Waals surface area contributed by atoms with Crippen LogP contribution in [0.5, 0.6) is 0 Å². The minimum Gasteiger partial charge on any atom is -0.477 e. The lowest BCUT2D eigenvalue weighted by Gasteiger charge is -2.25. The molecule has 0 spiro atoms. The summed E-state index contributed by atoms with van der Waals surface area (Å²) < 4.78 is 23.1. The number of aliphatic carboxylic acids is 1. The Kier molecular flexibility index (Phi) is 81.0. The average molecular weight is 1480 g/mol. The highest BCUT2D eigenvalue weighted by Crippen LogP contribution is 2.18. The summed E-state index contributed by atoms with van der Waals surface area (Å²) >= 11 is 0. The molecule has 0 bridgehead atoms. The maximum atomic E-state index is 13.0. The number of carboxylic acids is 1. The number of unbranched alkanes of at least 4 members (excludes halogenated alkanes) is 32.